The second-order valence-electron chi connectivity index (χ2n) is 17.6. The molecule has 9 rings (SSSR count). The molecule has 0 unspecified atom stereocenters. The van der Waals surface area contributed by atoms with Crippen LogP contribution in [0.3, 0.4) is 0 Å². The maximum Gasteiger partial charge on any atom is 0.318 e. The molecule has 6 bridgehead atoms. The van der Waals surface area contributed by atoms with Crippen molar-refractivity contribution in [2.45, 2.75) is 125 Å². The highest BCUT2D eigenvalue weighted by Gasteiger charge is 2.62. The van der Waals surface area contributed by atoms with Gasteiger partial charge < -0.3 is 39.4 Å². The maximum atomic E-state index is 15.2. The number of carbonyl (C=O) groups is 4. The Hall–Kier alpha value is -4.90. The quantitative estimate of drug-likeness (QED) is 0.283. The van der Waals surface area contributed by atoms with Gasteiger partial charge in [0.25, 0.3) is 5.91 Å². The third kappa shape index (κ3) is 9.38. The lowest BCUT2D eigenvalue weighted by Crippen LogP contribution is -2.60. The number of piperidine rings is 1. The third-order valence-electron chi connectivity index (χ3n) is 13.3. The van der Waals surface area contributed by atoms with E-state index < -0.39 is 62.6 Å². The van der Waals surface area contributed by atoms with Crippen molar-refractivity contribution < 1.29 is 46.5 Å². The number of nitrogens with zero attached hydrogens (tertiary/aromatic N) is 3. The highest BCUT2D eigenvalue weighted by molar-refractivity contribution is 7.91. The largest absolute Gasteiger partial charge is 0.496 e. The molecule has 3 aliphatic carbocycles. The van der Waals surface area contributed by atoms with E-state index in [0.29, 0.717) is 80.3 Å². The molecule has 2 aromatic rings. The summed E-state index contributed by atoms with van der Waals surface area (Å²) in [6, 6.07) is 3.10. The number of hydrogen-bond acceptors (Lipinski definition) is 11. The number of benzene rings is 1. The monoisotopic (exact) mass is 876 g/mol. The number of urea groups is 1. The van der Waals surface area contributed by atoms with Gasteiger partial charge in [-0.25, -0.2) is 18.2 Å². The molecule has 17 heteroatoms. The normalized spacial score (nSPS) is 29.2. The molecule has 5 fully saturated rings. The fraction of sp³-hybridized carbons (Fsp3) is 0.622. The van der Waals surface area contributed by atoms with Gasteiger partial charge in [-0.2, -0.15) is 0 Å². The minimum absolute atomic E-state index is 0.00438. The number of amides is 5. The number of pyridine rings is 1. The summed E-state index contributed by atoms with van der Waals surface area (Å²) in [6.45, 7) is 7.59. The van der Waals surface area contributed by atoms with Crippen molar-refractivity contribution in [2.75, 3.05) is 40.0 Å². The summed E-state index contributed by atoms with van der Waals surface area (Å²) >= 11 is 0. The number of rotatable bonds is 10. The molecule has 0 radical (unpaired) electrons. The van der Waals surface area contributed by atoms with Crippen molar-refractivity contribution in [3.63, 3.8) is 0 Å². The van der Waals surface area contributed by atoms with Gasteiger partial charge in [-0.05, 0) is 76.7 Å². The van der Waals surface area contributed by atoms with Crippen LogP contribution in [0.1, 0.15) is 96.0 Å². The number of nitrogens with one attached hydrogen (secondary N) is 3. The molecule has 3 saturated carbocycles. The first-order valence-electron chi connectivity index (χ1n) is 22.4. The van der Waals surface area contributed by atoms with Gasteiger partial charge in [0, 0.05) is 55.1 Å². The number of sulfonamides is 1. The zero-order valence-electron chi connectivity index (χ0n) is 35.8. The fourth-order valence-corrected chi connectivity index (χ4v) is 10.9. The van der Waals surface area contributed by atoms with E-state index in [9.17, 15) is 22.8 Å². The Bertz CT molecular complexity index is 2180. The van der Waals surface area contributed by atoms with Crippen LogP contribution < -0.4 is 29.6 Å². The second kappa shape index (κ2) is 18.4. The highest BCUT2D eigenvalue weighted by Crippen LogP contribution is 2.46. The number of carbonyl (C=O) groups excluding carboxylic acids is 4. The van der Waals surface area contributed by atoms with Crippen LogP contribution in [0.4, 0.5) is 4.79 Å². The standard InChI is InChI=1S/C45H60N6O10S/c1-4-30-26-45(30,43(54)49-62(56,57)33-15-16-33)48-41(52)36-23-32-27-51(36)42(53)40(28-12-8-6-9-13-28)47-44(55)50-19-17-31(18-20-50)60-21-11-7-10-14-29-22-34-35(24-37(29)58-3)46-39(59-5-2)25-38(34)61-32/h4,10,14,22,24-25,28,30-33,36,40H,1,5-9,11-13,15-21,23,26-27H2,2-3H3,(H,47,55)(H,48,52)(H,49,54)/b14-10+/t30-,32-,36+,40+,45-/m1/s1. The second-order valence-corrected chi connectivity index (χ2v) is 19.6. The Morgan fingerprint density at radius 2 is 1.82 bits per heavy atom. The molecule has 3 N–H and O–H groups in total. The Labute approximate surface area is 363 Å². The molecule has 5 atom stereocenters. The van der Waals surface area contributed by atoms with Crippen LogP contribution in [0.15, 0.2) is 36.9 Å². The van der Waals surface area contributed by atoms with E-state index in [0.717, 1.165) is 50.5 Å². The van der Waals surface area contributed by atoms with Crippen LogP contribution in [0.2, 0.25) is 0 Å². The van der Waals surface area contributed by atoms with E-state index in [1.54, 1.807) is 18.1 Å². The molecule has 2 saturated heterocycles. The average molecular weight is 877 g/mol. The van der Waals surface area contributed by atoms with Gasteiger partial charge >= 0.3 is 6.03 Å². The smallest absolute Gasteiger partial charge is 0.318 e. The Morgan fingerprint density at radius 1 is 1.05 bits per heavy atom. The summed E-state index contributed by atoms with van der Waals surface area (Å²) in [6.07, 6.45) is 13.3. The van der Waals surface area contributed by atoms with Crippen LogP contribution in [0.5, 0.6) is 17.4 Å². The van der Waals surface area contributed by atoms with E-state index >= 15 is 4.79 Å². The molecule has 1 aromatic heterocycles. The molecular formula is C45H60N6O10S. The molecule has 4 aliphatic heterocycles. The van der Waals surface area contributed by atoms with Gasteiger partial charge in [0.2, 0.25) is 27.7 Å². The van der Waals surface area contributed by atoms with Crippen molar-refractivity contribution in [1.29, 1.82) is 0 Å². The van der Waals surface area contributed by atoms with Gasteiger partial charge in [-0.15, -0.1) is 6.58 Å². The SMILES string of the molecule is C=C[C@@H]1C[C@]1(NC(=O)[C@@H]1C[C@@H]2CN1C(=O)[C@H](C1CCCCC1)NC(=O)N1CCC(CC1)OCCC/C=C/c1cc3c(cc(OCC)nc3cc1OC)O2)C(=O)NS(=O)(=O)C1CC1. The van der Waals surface area contributed by atoms with Crippen molar-refractivity contribution in [3.05, 3.63) is 42.5 Å². The summed E-state index contributed by atoms with van der Waals surface area (Å²) in [5.74, 6) is -1.17. The predicted molar refractivity (Wildman–Crippen MR) is 231 cm³/mol. The summed E-state index contributed by atoms with van der Waals surface area (Å²) in [5, 5.41) is 6.04. The Balaban J connectivity index is 1.16. The number of fused-ring (bicyclic) bond motifs is 9. The zero-order chi connectivity index (χ0) is 43.6. The van der Waals surface area contributed by atoms with E-state index in [-0.39, 0.29) is 37.4 Å². The summed E-state index contributed by atoms with van der Waals surface area (Å²) < 4.78 is 52.7. The Morgan fingerprint density at radius 3 is 2.52 bits per heavy atom. The highest BCUT2D eigenvalue weighted by atomic mass is 32.2. The molecule has 7 aliphatic rings. The van der Waals surface area contributed by atoms with E-state index in [4.69, 9.17) is 23.9 Å². The predicted octanol–water partition coefficient (Wildman–Crippen LogP) is 4.61. The molecule has 0 spiro atoms. The lowest BCUT2D eigenvalue weighted by molar-refractivity contribution is -0.142. The summed E-state index contributed by atoms with van der Waals surface area (Å²) in [5.41, 5.74) is -0.183. The first-order chi connectivity index (χ1) is 29.9. The van der Waals surface area contributed by atoms with E-state index in [2.05, 4.69) is 28.0 Å². The molecule has 5 amide bonds. The summed E-state index contributed by atoms with van der Waals surface area (Å²) in [4.78, 5) is 65.6. The molecule has 62 heavy (non-hydrogen) atoms. The molecule has 1 aromatic carbocycles. The number of ether oxygens (including phenoxy) is 4. The van der Waals surface area contributed by atoms with Crippen molar-refractivity contribution in [3.8, 4) is 17.4 Å². The van der Waals surface area contributed by atoms with Crippen LogP contribution in [0, 0.1) is 11.8 Å². The van der Waals surface area contributed by atoms with Gasteiger partial charge in [-0.1, -0.05) is 37.5 Å². The van der Waals surface area contributed by atoms with E-state index in [1.807, 2.05) is 25.1 Å². The van der Waals surface area contributed by atoms with Crippen molar-refractivity contribution in [2.24, 2.45) is 11.8 Å². The minimum Gasteiger partial charge on any atom is -0.496 e. The van der Waals surface area contributed by atoms with Crippen molar-refractivity contribution in [1.82, 2.24) is 30.1 Å². The molecule has 336 valence electrons. The molecule has 5 heterocycles. The van der Waals surface area contributed by atoms with Crippen LogP contribution in [-0.2, 0) is 29.1 Å². The summed E-state index contributed by atoms with van der Waals surface area (Å²) in [7, 11) is -2.31. The van der Waals surface area contributed by atoms with Crippen LogP contribution in [-0.4, -0.2) is 122 Å². The number of aromatic nitrogens is 1. The first kappa shape index (κ1) is 43.7. The van der Waals surface area contributed by atoms with Gasteiger partial charge in [0.1, 0.15) is 35.2 Å². The maximum absolute atomic E-state index is 15.2. The van der Waals surface area contributed by atoms with Gasteiger partial charge in [0.05, 0.1) is 37.1 Å². The molecular weight excluding hydrogens is 817 g/mol. The van der Waals surface area contributed by atoms with Crippen LogP contribution in [0.25, 0.3) is 17.0 Å². The Kier molecular flexibility index (Phi) is 13.0. The van der Waals surface area contributed by atoms with Crippen LogP contribution >= 0.6 is 0 Å². The topological polar surface area (TPSA) is 195 Å². The lowest BCUT2D eigenvalue weighted by atomic mass is 9.83. The number of methoxy groups -OCH3 is 1. The minimum atomic E-state index is -3.92. The first-order valence-corrected chi connectivity index (χ1v) is 23.9. The van der Waals surface area contributed by atoms with Gasteiger partial charge in [0.15, 0.2) is 0 Å². The fourth-order valence-electron chi connectivity index (χ4n) is 9.56. The van der Waals surface area contributed by atoms with Crippen molar-refractivity contribution >= 4 is 50.8 Å². The number of hydrogen-bond donors (Lipinski definition) is 3. The molecule has 16 nitrogen and oxygen atoms in total. The van der Waals surface area contributed by atoms with Gasteiger partial charge in [-0.3, -0.25) is 19.1 Å². The number of allylic oxidation sites excluding steroid dienone is 1. The third-order valence-corrected chi connectivity index (χ3v) is 15.2. The zero-order valence-corrected chi connectivity index (χ0v) is 36.6. The average Bonchev–Trinajstić information content (AvgIpc) is 4.20. The lowest BCUT2D eigenvalue weighted by Gasteiger charge is -2.37. The van der Waals surface area contributed by atoms with E-state index in [1.165, 1.54) is 11.0 Å².